The summed E-state index contributed by atoms with van der Waals surface area (Å²) in [5, 5.41) is 9.43. The van der Waals surface area contributed by atoms with Crippen LogP contribution in [0.1, 0.15) is 20.3 Å². The Hall–Kier alpha value is -0.170. The molecule has 0 aromatic rings. The first kappa shape index (κ1) is 15.8. The molecule has 5 nitrogen and oxygen atoms in total. The number of sulfonamides is 1. The number of aliphatic hydroxyl groups excluding tert-OH is 1. The van der Waals surface area contributed by atoms with Crippen LogP contribution in [0.25, 0.3) is 0 Å². The topological polar surface area (TPSA) is 66.8 Å². The Morgan fingerprint density at radius 2 is 1.94 bits per heavy atom. The highest BCUT2D eigenvalue weighted by Gasteiger charge is 2.20. The van der Waals surface area contributed by atoms with Crippen molar-refractivity contribution in [2.75, 3.05) is 33.1 Å². The Morgan fingerprint density at radius 1 is 1.38 bits per heavy atom. The summed E-state index contributed by atoms with van der Waals surface area (Å²) in [6.45, 7) is 4.18. The van der Waals surface area contributed by atoms with E-state index in [1.165, 1.54) is 18.5 Å². The molecule has 0 rings (SSSR count). The van der Waals surface area contributed by atoms with E-state index in [0.29, 0.717) is 12.3 Å². The minimum Gasteiger partial charge on any atom is -0.389 e. The van der Waals surface area contributed by atoms with E-state index in [1.807, 2.05) is 13.8 Å². The molecule has 0 amide bonds. The summed E-state index contributed by atoms with van der Waals surface area (Å²) in [6.07, 6.45) is -0.142. The van der Waals surface area contributed by atoms with Crippen molar-refractivity contribution >= 4 is 10.0 Å². The van der Waals surface area contributed by atoms with E-state index in [1.54, 1.807) is 0 Å². The van der Waals surface area contributed by atoms with Gasteiger partial charge in [0.15, 0.2) is 0 Å². The molecule has 0 saturated heterocycles. The molecular weight excluding hydrogens is 230 g/mol. The first-order chi connectivity index (χ1) is 7.29. The lowest BCUT2D eigenvalue weighted by Gasteiger charge is -2.20. The van der Waals surface area contributed by atoms with Crippen LogP contribution in [0.3, 0.4) is 0 Å². The van der Waals surface area contributed by atoms with Crippen LogP contribution in [0, 0.1) is 5.92 Å². The molecule has 0 spiro atoms. The first-order valence-corrected chi connectivity index (χ1v) is 7.01. The SMILES string of the molecule is COCC(O)CN(C)S(=O)(=O)CCC(C)C. The van der Waals surface area contributed by atoms with Crippen molar-refractivity contribution in [3.8, 4) is 0 Å². The Bertz CT molecular complexity index is 277. The molecule has 0 heterocycles. The zero-order chi connectivity index (χ0) is 12.8. The van der Waals surface area contributed by atoms with Gasteiger partial charge in [-0.05, 0) is 12.3 Å². The summed E-state index contributed by atoms with van der Waals surface area (Å²) < 4.78 is 29.4. The van der Waals surface area contributed by atoms with Gasteiger partial charge in [0.25, 0.3) is 0 Å². The summed E-state index contributed by atoms with van der Waals surface area (Å²) in [6, 6.07) is 0. The smallest absolute Gasteiger partial charge is 0.213 e. The number of nitrogens with zero attached hydrogens (tertiary/aromatic N) is 1. The summed E-state index contributed by atoms with van der Waals surface area (Å²) in [7, 11) is -0.302. The lowest BCUT2D eigenvalue weighted by Crippen LogP contribution is -2.37. The minimum absolute atomic E-state index is 0.0776. The van der Waals surface area contributed by atoms with E-state index in [0.717, 1.165) is 0 Å². The van der Waals surface area contributed by atoms with Crippen molar-refractivity contribution in [1.29, 1.82) is 0 Å². The molecule has 0 aromatic carbocycles. The number of hydrogen-bond donors (Lipinski definition) is 1. The zero-order valence-electron chi connectivity index (χ0n) is 10.5. The van der Waals surface area contributed by atoms with Crippen LogP contribution in [-0.2, 0) is 14.8 Å². The van der Waals surface area contributed by atoms with Gasteiger partial charge in [-0.2, -0.15) is 0 Å². The Labute approximate surface area is 98.5 Å². The minimum atomic E-state index is -3.25. The molecule has 6 heteroatoms. The van der Waals surface area contributed by atoms with Gasteiger partial charge in [-0.3, -0.25) is 0 Å². The quantitative estimate of drug-likeness (QED) is 0.675. The highest BCUT2D eigenvalue weighted by atomic mass is 32.2. The fourth-order valence-corrected chi connectivity index (χ4v) is 2.68. The van der Waals surface area contributed by atoms with Crippen molar-refractivity contribution in [3.63, 3.8) is 0 Å². The third kappa shape index (κ3) is 6.42. The van der Waals surface area contributed by atoms with Gasteiger partial charge in [-0.15, -0.1) is 0 Å². The standard InChI is InChI=1S/C10H23NO4S/c1-9(2)5-6-16(13,14)11(3)7-10(12)8-15-4/h9-10,12H,5-8H2,1-4H3. The monoisotopic (exact) mass is 253 g/mol. The van der Waals surface area contributed by atoms with E-state index in [-0.39, 0.29) is 18.9 Å². The molecule has 0 bridgehead atoms. The molecule has 1 atom stereocenters. The van der Waals surface area contributed by atoms with Crippen molar-refractivity contribution in [1.82, 2.24) is 4.31 Å². The van der Waals surface area contributed by atoms with Crippen LogP contribution in [0.2, 0.25) is 0 Å². The molecule has 0 radical (unpaired) electrons. The highest BCUT2D eigenvalue weighted by molar-refractivity contribution is 7.89. The van der Waals surface area contributed by atoms with E-state index in [4.69, 9.17) is 4.74 Å². The van der Waals surface area contributed by atoms with Crippen LogP contribution < -0.4 is 0 Å². The number of aliphatic hydroxyl groups is 1. The van der Waals surface area contributed by atoms with Gasteiger partial charge in [-0.25, -0.2) is 12.7 Å². The average Bonchev–Trinajstić information content (AvgIpc) is 2.15. The maximum atomic E-state index is 11.7. The van der Waals surface area contributed by atoms with Gasteiger partial charge in [0, 0.05) is 20.7 Å². The van der Waals surface area contributed by atoms with Gasteiger partial charge in [0.2, 0.25) is 10.0 Å². The highest BCUT2D eigenvalue weighted by Crippen LogP contribution is 2.07. The lowest BCUT2D eigenvalue weighted by atomic mass is 10.2. The van der Waals surface area contributed by atoms with Crippen LogP contribution in [0.4, 0.5) is 0 Å². The molecule has 0 saturated carbocycles. The summed E-state index contributed by atoms with van der Waals surface area (Å²) in [5.74, 6) is 0.480. The van der Waals surface area contributed by atoms with Crippen LogP contribution >= 0.6 is 0 Å². The van der Waals surface area contributed by atoms with Crippen molar-refractivity contribution in [3.05, 3.63) is 0 Å². The van der Waals surface area contributed by atoms with E-state index in [9.17, 15) is 13.5 Å². The van der Waals surface area contributed by atoms with Crippen LogP contribution in [0.5, 0.6) is 0 Å². The van der Waals surface area contributed by atoms with Gasteiger partial charge in [0.1, 0.15) is 0 Å². The lowest BCUT2D eigenvalue weighted by molar-refractivity contribution is 0.0554. The summed E-state index contributed by atoms with van der Waals surface area (Å²) >= 11 is 0. The normalized spacial score (nSPS) is 14.7. The number of hydrogen-bond acceptors (Lipinski definition) is 4. The maximum absolute atomic E-state index is 11.7. The molecule has 1 unspecified atom stereocenters. The van der Waals surface area contributed by atoms with Gasteiger partial charge in [0.05, 0.1) is 18.5 Å². The second kappa shape index (κ2) is 7.21. The predicted octanol–water partition coefficient (Wildman–Crippen LogP) is 0.301. The van der Waals surface area contributed by atoms with Crippen molar-refractivity contribution in [2.45, 2.75) is 26.4 Å². The molecule has 0 aliphatic rings. The molecule has 0 aromatic heterocycles. The molecule has 1 N–H and O–H groups in total. The molecule has 98 valence electrons. The number of rotatable bonds is 8. The Morgan fingerprint density at radius 3 is 2.38 bits per heavy atom. The number of likely N-dealkylation sites (N-methyl/N-ethyl adjacent to an activating group) is 1. The Balaban J connectivity index is 4.19. The van der Waals surface area contributed by atoms with E-state index < -0.39 is 16.1 Å². The first-order valence-electron chi connectivity index (χ1n) is 5.40. The molecule has 16 heavy (non-hydrogen) atoms. The fourth-order valence-electron chi connectivity index (χ4n) is 1.20. The van der Waals surface area contributed by atoms with Crippen molar-refractivity contribution < 1.29 is 18.3 Å². The molecule has 0 aliphatic heterocycles. The van der Waals surface area contributed by atoms with Gasteiger partial charge in [-0.1, -0.05) is 13.8 Å². The summed E-state index contributed by atoms with van der Waals surface area (Å²) in [5.41, 5.74) is 0. The fraction of sp³-hybridized carbons (Fsp3) is 1.00. The second-order valence-electron chi connectivity index (χ2n) is 4.39. The summed E-state index contributed by atoms with van der Waals surface area (Å²) in [4.78, 5) is 0. The zero-order valence-corrected chi connectivity index (χ0v) is 11.3. The third-order valence-corrected chi connectivity index (χ3v) is 4.11. The van der Waals surface area contributed by atoms with E-state index >= 15 is 0 Å². The van der Waals surface area contributed by atoms with Crippen LogP contribution in [0.15, 0.2) is 0 Å². The van der Waals surface area contributed by atoms with Crippen LogP contribution in [-0.4, -0.2) is 57.0 Å². The number of ether oxygens (including phenoxy) is 1. The van der Waals surface area contributed by atoms with Gasteiger partial charge >= 0.3 is 0 Å². The number of methoxy groups -OCH3 is 1. The molecular formula is C10H23NO4S. The maximum Gasteiger partial charge on any atom is 0.213 e. The second-order valence-corrected chi connectivity index (χ2v) is 6.58. The predicted molar refractivity (Wildman–Crippen MR) is 63.8 cm³/mol. The largest absolute Gasteiger partial charge is 0.389 e. The van der Waals surface area contributed by atoms with E-state index in [2.05, 4.69) is 0 Å². The molecule has 0 aliphatic carbocycles. The van der Waals surface area contributed by atoms with Gasteiger partial charge < -0.3 is 9.84 Å². The van der Waals surface area contributed by atoms with Crippen molar-refractivity contribution in [2.24, 2.45) is 5.92 Å². The molecule has 0 fully saturated rings. The average molecular weight is 253 g/mol. The Kier molecular flexibility index (Phi) is 7.14. The third-order valence-electron chi connectivity index (χ3n) is 2.25.